The molecular weight excluding hydrogens is 300 g/mol. The third-order valence-corrected chi connectivity index (χ3v) is 5.57. The Hall–Kier alpha value is -0.780. The maximum absolute atomic E-state index is 12.6. The Labute approximate surface area is 126 Å². The number of benzene rings is 1. The number of anilines is 1. The van der Waals surface area contributed by atoms with Crippen LogP contribution in [-0.4, -0.2) is 32.6 Å². The third-order valence-electron chi connectivity index (χ3n) is 3.52. The molecule has 6 heteroatoms. The van der Waals surface area contributed by atoms with E-state index in [2.05, 4.69) is 13.8 Å². The van der Waals surface area contributed by atoms with Gasteiger partial charge in [0.2, 0.25) is 0 Å². The fourth-order valence-electron chi connectivity index (χ4n) is 2.53. The molecular formula is C13H13ClN2OS2. The summed E-state index contributed by atoms with van der Waals surface area (Å²) >= 11 is 13.1. The topological polar surface area (TPSA) is 23.6 Å². The Morgan fingerprint density at radius 2 is 2.00 bits per heavy atom. The second-order valence-electron chi connectivity index (χ2n) is 5.18. The van der Waals surface area contributed by atoms with Crippen molar-refractivity contribution in [2.45, 2.75) is 24.6 Å². The van der Waals surface area contributed by atoms with E-state index in [1.807, 2.05) is 17.0 Å². The Balaban J connectivity index is 1.99. The summed E-state index contributed by atoms with van der Waals surface area (Å²) in [5.41, 5.74) is 0.787. The molecule has 1 aromatic carbocycles. The molecule has 2 heterocycles. The lowest BCUT2D eigenvalue weighted by Crippen LogP contribution is -2.41. The van der Waals surface area contributed by atoms with Crippen LogP contribution in [0.3, 0.4) is 0 Å². The molecule has 0 N–H and O–H groups in total. The molecule has 0 bridgehead atoms. The molecule has 0 aromatic heterocycles. The number of halogens is 1. The summed E-state index contributed by atoms with van der Waals surface area (Å²) in [6.07, 6.45) is 0. The van der Waals surface area contributed by atoms with E-state index in [1.165, 1.54) is 0 Å². The summed E-state index contributed by atoms with van der Waals surface area (Å²) in [7, 11) is 0. The minimum atomic E-state index is -0.166. The van der Waals surface area contributed by atoms with Crippen LogP contribution in [0.2, 0.25) is 5.02 Å². The summed E-state index contributed by atoms with van der Waals surface area (Å²) in [5, 5.41) is 1.24. The molecule has 0 radical (unpaired) electrons. The van der Waals surface area contributed by atoms with Gasteiger partial charge in [-0.1, -0.05) is 11.6 Å². The number of carbonyl (C=O) groups is 1. The monoisotopic (exact) mass is 312 g/mol. The Morgan fingerprint density at radius 3 is 2.58 bits per heavy atom. The van der Waals surface area contributed by atoms with Gasteiger partial charge in [-0.2, -0.15) is 0 Å². The van der Waals surface area contributed by atoms with E-state index in [-0.39, 0.29) is 16.7 Å². The van der Waals surface area contributed by atoms with Crippen molar-refractivity contribution in [1.82, 2.24) is 4.90 Å². The van der Waals surface area contributed by atoms with Crippen LogP contribution in [0.25, 0.3) is 0 Å². The van der Waals surface area contributed by atoms with Gasteiger partial charge in [0.1, 0.15) is 6.04 Å². The number of hydrogen-bond acceptors (Lipinski definition) is 3. The number of carbonyl (C=O) groups excluding carboxylic acids is 1. The standard InChI is InChI=1S/C13H13ClN2OS2/c1-13(2)10-11(17)16(12(18)15(10)7-19-13)9-5-3-8(14)4-6-9/h3-6,10H,7H2,1-2H3. The molecule has 1 unspecified atom stereocenters. The molecule has 2 aliphatic heterocycles. The van der Waals surface area contributed by atoms with Gasteiger partial charge < -0.3 is 4.90 Å². The number of amides is 1. The Bertz CT molecular complexity index is 558. The van der Waals surface area contributed by atoms with Gasteiger partial charge in [-0.3, -0.25) is 9.69 Å². The largest absolute Gasteiger partial charge is 0.326 e. The smallest absolute Gasteiger partial charge is 0.257 e. The summed E-state index contributed by atoms with van der Waals surface area (Å²) < 4.78 is -0.109. The van der Waals surface area contributed by atoms with E-state index < -0.39 is 0 Å². The molecule has 100 valence electrons. The number of thiocarbonyl (C=S) groups is 1. The fraction of sp³-hybridized carbons (Fsp3) is 0.385. The molecule has 2 fully saturated rings. The maximum atomic E-state index is 12.6. The predicted molar refractivity (Wildman–Crippen MR) is 83.7 cm³/mol. The lowest BCUT2D eigenvalue weighted by Gasteiger charge is -2.23. The van der Waals surface area contributed by atoms with Gasteiger partial charge in [0, 0.05) is 9.77 Å². The lowest BCUT2D eigenvalue weighted by atomic mass is 10.0. The maximum Gasteiger partial charge on any atom is 0.257 e. The van der Waals surface area contributed by atoms with Gasteiger partial charge in [0.25, 0.3) is 5.91 Å². The average molecular weight is 313 g/mol. The minimum Gasteiger partial charge on any atom is -0.326 e. The Morgan fingerprint density at radius 1 is 1.37 bits per heavy atom. The van der Waals surface area contributed by atoms with Gasteiger partial charge in [0.15, 0.2) is 5.11 Å². The molecule has 1 amide bonds. The number of hydrogen-bond donors (Lipinski definition) is 0. The van der Waals surface area contributed by atoms with Crippen molar-refractivity contribution in [3.8, 4) is 0 Å². The summed E-state index contributed by atoms with van der Waals surface area (Å²) in [5.74, 6) is 0.828. The molecule has 0 spiro atoms. The molecule has 2 aliphatic rings. The first-order valence-electron chi connectivity index (χ1n) is 5.96. The van der Waals surface area contributed by atoms with Crippen LogP contribution in [-0.2, 0) is 4.79 Å². The van der Waals surface area contributed by atoms with Crippen LogP contribution in [0.1, 0.15) is 13.8 Å². The highest BCUT2D eigenvalue weighted by molar-refractivity contribution is 8.01. The van der Waals surface area contributed by atoms with Gasteiger partial charge in [0.05, 0.1) is 11.6 Å². The zero-order valence-corrected chi connectivity index (χ0v) is 13.0. The summed E-state index contributed by atoms with van der Waals surface area (Å²) in [6, 6.07) is 7.04. The van der Waals surface area contributed by atoms with Crippen molar-refractivity contribution in [3.05, 3.63) is 29.3 Å². The van der Waals surface area contributed by atoms with Gasteiger partial charge in [-0.25, -0.2) is 0 Å². The molecule has 1 aromatic rings. The summed E-state index contributed by atoms with van der Waals surface area (Å²) in [4.78, 5) is 16.3. The number of thioether (sulfide) groups is 1. The molecule has 19 heavy (non-hydrogen) atoms. The normalized spacial score (nSPS) is 25.1. The highest BCUT2D eigenvalue weighted by Crippen LogP contribution is 2.44. The van der Waals surface area contributed by atoms with E-state index >= 15 is 0 Å². The van der Waals surface area contributed by atoms with E-state index in [1.54, 1.807) is 28.8 Å². The second-order valence-corrected chi connectivity index (χ2v) is 7.58. The van der Waals surface area contributed by atoms with Crippen LogP contribution < -0.4 is 4.90 Å². The SMILES string of the molecule is CC1(C)SCN2C(=S)N(c3ccc(Cl)cc3)C(=O)C21. The second kappa shape index (κ2) is 4.36. The van der Waals surface area contributed by atoms with Crippen LogP contribution in [0.4, 0.5) is 5.69 Å². The van der Waals surface area contributed by atoms with Crippen molar-refractivity contribution in [2.75, 3.05) is 10.8 Å². The predicted octanol–water partition coefficient (Wildman–Crippen LogP) is 3.13. The van der Waals surface area contributed by atoms with Crippen molar-refractivity contribution in [3.63, 3.8) is 0 Å². The van der Waals surface area contributed by atoms with Crippen LogP contribution in [0, 0.1) is 0 Å². The molecule has 0 aliphatic carbocycles. The molecule has 3 rings (SSSR count). The van der Waals surface area contributed by atoms with Crippen LogP contribution in [0.5, 0.6) is 0 Å². The third kappa shape index (κ3) is 1.95. The molecule has 0 saturated carbocycles. The van der Waals surface area contributed by atoms with E-state index in [0.717, 1.165) is 11.6 Å². The zero-order valence-electron chi connectivity index (χ0n) is 10.6. The van der Waals surface area contributed by atoms with Crippen LogP contribution >= 0.6 is 35.6 Å². The molecule has 1 atom stereocenters. The minimum absolute atomic E-state index is 0.0577. The fourth-order valence-corrected chi connectivity index (χ4v) is 4.24. The first-order chi connectivity index (χ1) is 8.92. The Kier molecular flexibility index (Phi) is 3.04. The number of nitrogens with zero attached hydrogens (tertiary/aromatic N) is 2. The van der Waals surface area contributed by atoms with Gasteiger partial charge >= 0.3 is 0 Å². The number of fused-ring (bicyclic) bond motifs is 1. The van der Waals surface area contributed by atoms with E-state index in [9.17, 15) is 4.79 Å². The van der Waals surface area contributed by atoms with E-state index in [4.69, 9.17) is 23.8 Å². The highest BCUT2D eigenvalue weighted by Gasteiger charge is 2.55. The molecule has 2 saturated heterocycles. The van der Waals surface area contributed by atoms with Gasteiger partial charge in [-0.05, 0) is 50.3 Å². The number of rotatable bonds is 1. The lowest BCUT2D eigenvalue weighted by molar-refractivity contribution is -0.119. The highest BCUT2D eigenvalue weighted by atomic mass is 35.5. The summed E-state index contributed by atoms with van der Waals surface area (Å²) in [6.45, 7) is 4.18. The average Bonchev–Trinajstić information content (AvgIpc) is 2.79. The first kappa shape index (κ1) is 13.2. The quantitative estimate of drug-likeness (QED) is 0.743. The van der Waals surface area contributed by atoms with Crippen LogP contribution in [0.15, 0.2) is 24.3 Å². The van der Waals surface area contributed by atoms with Crippen molar-refractivity contribution >= 4 is 52.3 Å². The zero-order chi connectivity index (χ0) is 13.8. The van der Waals surface area contributed by atoms with Crippen molar-refractivity contribution in [2.24, 2.45) is 0 Å². The van der Waals surface area contributed by atoms with Crippen molar-refractivity contribution < 1.29 is 4.79 Å². The van der Waals surface area contributed by atoms with E-state index in [0.29, 0.717) is 10.1 Å². The van der Waals surface area contributed by atoms with Gasteiger partial charge in [-0.15, -0.1) is 11.8 Å². The van der Waals surface area contributed by atoms with Crippen molar-refractivity contribution in [1.29, 1.82) is 0 Å². The molecule has 3 nitrogen and oxygen atoms in total. The first-order valence-corrected chi connectivity index (χ1v) is 7.73.